The molecule has 0 aromatic heterocycles. The molecule has 0 heterocycles. The molecule has 0 aliphatic heterocycles. The monoisotopic (exact) mass is 196 g/mol. The smallest absolute Gasteiger partial charge is 0.211 e. The highest BCUT2D eigenvalue weighted by atomic mass is 16.1. The SMILES string of the molecule is CC(C)(CC(C)(N=N)N=C=O)N=C=O. The van der Waals surface area contributed by atoms with Crippen molar-refractivity contribution >= 4 is 12.2 Å². The largest absolute Gasteiger partial charge is 0.237 e. The highest BCUT2D eigenvalue weighted by molar-refractivity contribution is 5.36. The van der Waals surface area contributed by atoms with E-state index in [1.54, 1.807) is 13.8 Å². The summed E-state index contributed by atoms with van der Waals surface area (Å²) in [5.74, 6) is 0. The predicted octanol–water partition coefficient (Wildman–Crippen LogP) is 1.57. The Balaban J connectivity index is 4.85. The van der Waals surface area contributed by atoms with Gasteiger partial charge in [0.1, 0.15) is 0 Å². The fraction of sp³-hybridized carbons (Fsp3) is 0.750. The second kappa shape index (κ2) is 4.56. The molecule has 0 radical (unpaired) electrons. The molecule has 0 fully saturated rings. The van der Waals surface area contributed by atoms with Crippen molar-refractivity contribution < 1.29 is 9.59 Å². The third kappa shape index (κ3) is 3.85. The van der Waals surface area contributed by atoms with Crippen LogP contribution < -0.4 is 0 Å². The van der Waals surface area contributed by atoms with Gasteiger partial charge < -0.3 is 0 Å². The van der Waals surface area contributed by atoms with Crippen molar-refractivity contribution in [2.75, 3.05) is 0 Å². The summed E-state index contributed by atoms with van der Waals surface area (Å²) in [4.78, 5) is 27.1. The van der Waals surface area contributed by atoms with Crippen LogP contribution >= 0.6 is 0 Å². The lowest BCUT2D eigenvalue weighted by Crippen LogP contribution is -2.30. The Labute approximate surface area is 81.6 Å². The number of nitrogens with zero attached hydrogens (tertiary/aromatic N) is 3. The number of isocyanates is 2. The van der Waals surface area contributed by atoms with Gasteiger partial charge in [0.05, 0.1) is 5.54 Å². The number of aliphatic imine (C=N–C) groups is 2. The van der Waals surface area contributed by atoms with E-state index < -0.39 is 11.2 Å². The van der Waals surface area contributed by atoms with E-state index in [4.69, 9.17) is 5.53 Å². The summed E-state index contributed by atoms with van der Waals surface area (Å²) < 4.78 is 0. The molecule has 0 aromatic carbocycles. The molecule has 0 saturated heterocycles. The minimum atomic E-state index is -1.20. The number of carbonyl (C=O) groups excluding carboxylic acids is 2. The van der Waals surface area contributed by atoms with Crippen molar-refractivity contribution in [3.63, 3.8) is 0 Å². The summed E-state index contributed by atoms with van der Waals surface area (Å²) in [6.07, 6.45) is 2.95. The lowest BCUT2D eigenvalue weighted by Gasteiger charge is -2.25. The fourth-order valence-corrected chi connectivity index (χ4v) is 1.19. The molecule has 0 bridgehead atoms. The first-order valence-corrected chi connectivity index (χ1v) is 3.96. The Hall–Kier alpha value is -1.64. The van der Waals surface area contributed by atoms with E-state index >= 15 is 0 Å². The third-order valence-corrected chi connectivity index (χ3v) is 1.64. The molecular weight excluding hydrogens is 184 g/mol. The van der Waals surface area contributed by atoms with Crippen LogP contribution in [-0.2, 0) is 9.59 Å². The lowest BCUT2D eigenvalue weighted by atomic mass is 9.93. The van der Waals surface area contributed by atoms with Crippen LogP contribution in [0.25, 0.3) is 0 Å². The van der Waals surface area contributed by atoms with Crippen molar-refractivity contribution in [2.24, 2.45) is 15.1 Å². The molecule has 0 saturated carbocycles. The molecule has 1 N–H and O–H groups in total. The van der Waals surface area contributed by atoms with E-state index in [1.165, 1.54) is 19.1 Å². The topological polar surface area (TPSA) is 95.1 Å². The van der Waals surface area contributed by atoms with Crippen molar-refractivity contribution in [1.82, 2.24) is 0 Å². The number of hydrogen-bond acceptors (Lipinski definition) is 6. The summed E-state index contributed by atoms with van der Waals surface area (Å²) in [5.41, 5.74) is 4.93. The van der Waals surface area contributed by atoms with E-state index in [1.807, 2.05) is 0 Å². The Morgan fingerprint density at radius 3 is 2.00 bits per heavy atom. The van der Waals surface area contributed by atoms with E-state index in [-0.39, 0.29) is 6.42 Å². The summed E-state index contributed by atoms with van der Waals surface area (Å²) in [6, 6.07) is 0. The number of hydrogen-bond donors (Lipinski definition) is 1. The first kappa shape index (κ1) is 12.4. The minimum Gasteiger partial charge on any atom is -0.211 e. The summed E-state index contributed by atoms with van der Waals surface area (Å²) in [7, 11) is 0. The van der Waals surface area contributed by atoms with Crippen LogP contribution in [0.3, 0.4) is 0 Å². The number of nitrogens with one attached hydrogen (secondary N) is 1. The van der Waals surface area contributed by atoms with E-state index in [0.717, 1.165) is 0 Å². The van der Waals surface area contributed by atoms with E-state index in [0.29, 0.717) is 0 Å². The summed E-state index contributed by atoms with van der Waals surface area (Å²) in [6.45, 7) is 4.83. The first-order chi connectivity index (χ1) is 6.39. The van der Waals surface area contributed by atoms with Crippen LogP contribution in [0.2, 0.25) is 0 Å². The van der Waals surface area contributed by atoms with Crippen LogP contribution in [0.4, 0.5) is 0 Å². The molecule has 1 unspecified atom stereocenters. The Bertz CT molecular complexity index is 313. The third-order valence-electron chi connectivity index (χ3n) is 1.64. The average molecular weight is 196 g/mol. The van der Waals surface area contributed by atoms with Gasteiger partial charge in [0.2, 0.25) is 12.2 Å². The predicted molar refractivity (Wildman–Crippen MR) is 48.5 cm³/mol. The number of rotatable bonds is 5. The molecule has 6 heteroatoms. The van der Waals surface area contributed by atoms with Gasteiger partial charge in [-0.05, 0) is 20.8 Å². The quantitative estimate of drug-likeness (QED) is 0.410. The zero-order valence-corrected chi connectivity index (χ0v) is 8.37. The standard InChI is InChI=1S/C8H12N4O2/c1-7(2,10-5-13)4-8(3,12-9)11-6-14/h9H,4H2,1-3H3. The van der Waals surface area contributed by atoms with Crippen LogP contribution in [0.5, 0.6) is 0 Å². The zero-order valence-electron chi connectivity index (χ0n) is 8.37. The molecule has 0 rings (SSSR count). The van der Waals surface area contributed by atoms with Crippen molar-refractivity contribution in [2.45, 2.75) is 38.4 Å². The molecule has 0 spiro atoms. The molecule has 0 amide bonds. The van der Waals surface area contributed by atoms with Gasteiger partial charge in [-0.1, -0.05) is 0 Å². The maximum atomic E-state index is 10.1. The van der Waals surface area contributed by atoms with Crippen LogP contribution in [0, 0.1) is 5.53 Å². The van der Waals surface area contributed by atoms with E-state index in [2.05, 4.69) is 15.1 Å². The molecule has 14 heavy (non-hydrogen) atoms. The average Bonchev–Trinajstić information content (AvgIpc) is 2.03. The highest BCUT2D eigenvalue weighted by Crippen LogP contribution is 2.27. The van der Waals surface area contributed by atoms with Crippen LogP contribution in [0.1, 0.15) is 27.2 Å². The van der Waals surface area contributed by atoms with Gasteiger partial charge in [0, 0.05) is 6.42 Å². The maximum absolute atomic E-state index is 10.1. The second-order valence-electron chi connectivity index (χ2n) is 3.72. The van der Waals surface area contributed by atoms with Crippen molar-refractivity contribution in [3.8, 4) is 0 Å². The Morgan fingerprint density at radius 2 is 1.64 bits per heavy atom. The minimum absolute atomic E-state index is 0.175. The fourth-order valence-electron chi connectivity index (χ4n) is 1.19. The van der Waals surface area contributed by atoms with Gasteiger partial charge >= 0.3 is 0 Å². The van der Waals surface area contributed by atoms with Crippen LogP contribution in [0.15, 0.2) is 15.1 Å². The van der Waals surface area contributed by atoms with E-state index in [9.17, 15) is 9.59 Å². The molecular formula is C8H12N4O2. The Kier molecular flexibility index (Phi) is 4.02. The van der Waals surface area contributed by atoms with Gasteiger partial charge in [-0.25, -0.2) is 15.1 Å². The van der Waals surface area contributed by atoms with Gasteiger partial charge in [-0.3, -0.25) is 0 Å². The van der Waals surface area contributed by atoms with Gasteiger partial charge in [-0.2, -0.15) is 15.1 Å². The van der Waals surface area contributed by atoms with Crippen molar-refractivity contribution in [1.29, 1.82) is 5.53 Å². The van der Waals surface area contributed by atoms with Gasteiger partial charge in [0.15, 0.2) is 5.66 Å². The first-order valence-electron chi connectivity index (χ1n) is 3.96. The highest BCUT2D eigenvalue weighted by Gasteiger charge is 2.32. The van der Waals surface area contributed by atoms with Gasteiger partial charge in [0.25, 0.3) is 0 Å². The Morgan fingerprint density at radius 1 is 1.14 bits per heavy atom. The summed E-state index contributed by atoms with van der Waals surface area (Å²) in [5, 5.41) is 3.21. The second-order valence-corrected chi connectivity index (χ2v) is 3.72. The molecule has 76 valence electrons. The molecule has 0 aliphatic rings. The maximum Gasteiger partial charge on any atom is 0.237 e. The molecule has 0 aliphatic carbocycles. The van der Waals surface area contributed by atoms with Crippen LogP contribution in [-0.4, -0.2) is 23.4 Å². The summed E-state index contributed by atoms with van der Waals surface area (Å²) >= 11 is 0. The molecule has 1 atom stereocenters. The lowest BCUT2D eigenvalue weighted by molar-refractivity contribution is 0.326. The zero-order chi connectivity index (χ0) is 11.2. The van der Waals surface area contributed by atoms with Crippen molar-refractivity contribution in [3.05, 3.63) is 0 Å². The van der Waals surface area contributed by atoms with Gasteiger partial charge in [-0.15, -0.1) is 0 Å². The normalized spacial score (nSPS) is 14.5. The molecule has 0 aromatic rings. The molecule has 6 nitrogen and oxygen atoms in total.